The number of hydrogen-bond donors (Lipinski definition) is 1. The van der Waals surface area contributed by atoms with Gasteiger partial charge in [0.15, 0.2) is 0 Å². The van der Waals surface area contributed by atoms with Gasteiger partial charge in [0.05, 0.1) is 0 Å². The first-order chi connectivity index (χ1) is 12.2. The van der Waals surface area contributed by atoms with Gasteiger partial charge in [-0.2, -0.15) is 5.10 Å². The zero-order chi connectivity index (χ0) is 17.3. The molecule has 0 aliphatic carbocycles. The SMILES string of the molecule is O=C(c1ccn[nH]1)N1CCCC12CCCN(Cc1ccccc1)C2=O. The van der Waals surface area contributed by atoms with Gasteiger partial charge in [-0.05, 0) is 37.3 Å². The van der Waals surface area contributed by atoms with Crippen molar-refractivity contribution in [3.63, 3.8) is 0 Å². The molecule has 1 N–H and O–H groups in total. The highest BCUT2D eigenvalue weighted by atomic mass is 16.2. The molecule has 2 amide bonds. The quantitative estimate of drug-likeness (QED) is 0.933. The van der Waals surface area contributed by atoms with Gasteiger partial charge in [-0.3, -0.25) is 14.7 Å². The number of aromatic amines is 1. The molecule has 4 rings (SSSR count). The first-order valence-electron chi connectivity index (χ1n) is 8.85. The summed E-state index contributed by atoms with van der Waals surface area (Å²) in [5.41, 5.74) is 0.890. The fourth-order valence-corrected chi connectivity index (χ4v) is 4.20. The van der Waals surface area contributed by atoms with E-state index in [1.165, 1.54) is 0 Å². The van der Waals surface area contributed by atoms with E-state index < -0.39 is 5.54 Å². The third kappa shape index (κ3) is 2.71. The minimum absolute atomic E-state index is 0.0907. The third-order valence-corrected chi connectivity index (χ3v) is 5.39. The maximum atomic E-state index is 13.3. The van der Waals surface area contributed by atoms with Crippen LogP contribution < -0.4 is 0 Å². The van der Waals surface area contributed by atoms with Crippen molar-refractivity contribution >= 4 is 11.8 Å². The van der Waals surface area contributed by atoms with Crippen LogP contribution >= 0.6 is 0 Å². The van der Waals surface area contributed by atoms with Crippen molar-refractivity contribution in [2.24, 2.45) is 0 Å². The van der Waals surface area contributed by atoms with Crippen LogP contribution in [-0.2, 0) is 11.3 Å². The molecular weight excluding hydrogens is 316 g/mol. The van der Waals surface area contributed by atoms with Crippen LogP contribution in [0.4, 0.5) is 0 Å². The molecule has 0 bridgehead atoms. The lowest BCUT2D eigenvalue weighted by Gasteiger charge is -2.44. The molecule has 0 saturated carbocycles. The van der Waals surface area contributed by atoms with Crippen LogP contribution in [0.2, 0.25) is 0 Å². The van der Waals surface area contributed by atoms with E-state index in [-0.39, 0.29) is 11.8 Å². The number of carbonyl (C=O) groups is 2. The molecule has 1 aromatic carbocycles. The minimum Gasteiger partial charge on any atom is -0.336 e. The average molecular weight is 338 g/mol. The number of piperidine rings is 1. The molecule has 1 unspecified atom stereocenters. The number of H-pyrrole nitrogens is 1. The summed E-state index contributed by atoms with van der Waals surface area (Å²) in [6.07, 6.45) is 4.85. The van der Waals surface area contributed by atoms with Crippen molar-refractivity contribution in [2.75, 3.05) is 13.1 Å². The van der Waals surface area contributed by atoms with E-state index in [1.807, 2.05) is 35.2 Å². The van der Waals surface area contributed by atoms with Gasteiger partial charge in [-0.1, -0.05) is 30.3 Å². The van der Waals surface area contributed by atoms with Crippen LogP contribution in [0.25, 0.3) is 0 Å². The third-order valence-electron chi connectivity index (χ3n) is 5.39. The number of carbonyl (C=O) groups excluding carboxylic acids is 2. The molecule has 130 valence electrons. The molecule has 2 saturated heterocycles. The van der Waals surface area contributed by atoms with Crippen molar-refractivity contribution in [1.29, 1.82) is 0 Å². The number of benzene rings is 1. The van der Waals surface area contributed by atoms with E-state index in [9.17, 15) is 9.59 Å². The predicted molar refractivity (Wildman–Crippen MR) is 92.7 cm³/mol. The second-order valence-corrected chi connectivity index (χ2v) is 6.88. The molecule has 1 spiro atoms. The number of aromatic nitrogens is 2. The Labute approximate surface area is 146 Å². The summed E-state index contributed by atoms with van der Waals surface area (Å²) in [6, 6.07) is 11.7. The number of amides is 2. The van der Waals surface area contributed by atoms with E-state index in [1.54, 1.807) is 17.2 Å². The summed E-state index contributed by atoms with van der Waals surface area (Å²) in [6.45, 7) is 1.98. The molecule has 6 heteroatoms. The zero-order valence-corrected chi connectivity index (χ0v) is 14.1. The Bertz CT molecular complexity index is 759. The topological polar surface area (TPSA) is 69.3 Å². The molecule has 2 fully saturated rings. The van der Waals surface area contributed by atoms with Crippen molar-refractivity contribution in [3.8, 4) is 0 Å². The maximum absolute atomic E-state index is 13.3. The van der Waals surface area contributed by atoms with Crippen molar-refractivity contribution in [2.45, 2.75) is 37.8 Å². The summed E-state index contributed by atoms with van der Waals surface area (Å²) >= 11 is 0. The second kappa shape index (κ2) is 6.35. The summed E-state index contributed by atoms with van der Waals surface area (Å²) < 4.78 is 0. The first kappa shape index (κ1) is 15.9. The van der Waals surface area contributed by atoms with Gasteiger partial charge in [0, 0.05) is 25.8 Å². The largest absolute Gasteiger partial charge is 0.336 e. The molecule has 2 aromatic rings. The number of likely N-dealkylation sites (tertiary alicyclic amines) is 2. The zero-order valence-electron chi connectivity index (χ0n) is 14.1. The fourth-order valence-electron chi connectivity index (χ4n) is 4.20. The Morgan fingerprint density at radius 1 is 1.12 bits per heavy atom. The lowest BCUT2D eigenvalue weighted by atomic mass is 9.85. The normalized spacial score (nSPS) is 23.4. The summed E-state index contributed by atoms with van der Waals surface area (Å²) in [4.78, 5) is 29.9. The number of nitrogens with one attached hydrogen (secondary N) is 1. The molecule has 3 heterocycles. The molecule has 2 aliphatic heterocycles. The van der Waals surface area contributed by atoms with Crippen LogP contribution in [0.5, 0.6) is 0 Å². The predicted octanol–water partition coefficient (Wildman–Crippen LogP) is 2.21. The van der Waals surface area contributed by atoms with E-state index in [0.29, 0.717) is 18.8 Å². The smallest absolute Gasteiger partial charge is 0.272 e. The highest BCUT2D eigenvalue weighted by Crippen LogP contribution is 2.39. The van der Waals surface area contributed by atoms with Crippen LogP contribution in [0.1, 0.15) is 41.7 Å². The fraction of sp³-hybridized carbons (Fsp3) is 0.421. The van der Waals surface area contributed by atoms with Gasteiger partial charge in [0.2, 0.25) is 5.91 Å². The second-order valence-electron chi connectivity index (χ2n) is 6.88. The molecule has 1 atom stereocenters. The average Bonchev–Trinajstić information content (AvgIpc) is 3.30. The molecule has 1 aromatic heterocycles. The molecular formula is C19H22N4O2. The maximum Gasteiger partial charge on any atom is 0.272 e. The Balaban J connectivity index is 1.59. The van der Waals surface area contributed by atoms with Gasteiger partial charge in [0.25, 0.3) is 5.91 Å². The van der Waals surface area contributed by atoms with Crippen molar-refractivity contribution in [1.82, 2.24) is 20.0 Å². The van der Waals surface area contributed by atoms with Gasteiger partial charge in [-0.15, -0.1) is 0 Å². The van der Waals surface area contributed by atoms with Crippen LogP contribution in [0.15, 0.2) is 42.6 Å². The van der Waals surface area contributed by atoms with Crippen molar-refractivity contribution in [3.05, 3.63) is 53.9 Å². The Hall–Kier alpha value is -2.63. The van der Waals surface area contributed by atoms with Gasteiger partial charge < -0.3 is 9.80 Å². The summed E-state index contributed by atoms with van der Waals surface area (Å²) in [5.74, 6) is -0.0297. The number of hydrogen-bond acceptors (Lipinski definition) is 3. The van der Waals surface area contributed by atoms with Gasteiger partial charge in [0.1, 0.15) is 11.2 Å². The Morgan fingerprint density at radius 2 is 1.88 bits per heavy atom. The van der Waals surface area contributed by atoms with Crippen LogP contribution in [-0.4, -0.2) is 50.4 Å². The monoisotopic (exact) mass is 338 g/mol. The standard InChI is InChI=1S/C19H22N4O2/c24-17(16-8-11-20-21-16)23-13-5-10-19(23)9-4-12-22(18(19)25)14-15-6-2-1-3-7-15/h1-3,6-8,11H,4-5,9-10,12-14H2,(H,20,21). The van der Waals surface area contributed by atoms with E-state index in [0.717, 1.165) is 37.8 Å². The number of nitrogens with zero attached hydrogens (tertiary/aromatic N) is 3. The summed E-state index contributed by atoms with van der Waals surface area (Å²) in [7, 11) is 0. The van der Waals surface area contributed by atoms with E-state index in [2.05, 4.69) is 10.2 Å². The summed E-state index contributed by atoms with van der Waals surface area (Å²) in [5, 5.41) is 6.61. The Morgan fingerprint density at radius 3 is 2.60 bits per heavy atom. The highest BCUT2D eigenvalue weighted by molar-refractivity contribution is 5.98. The Kier molecular flexibility index (Phi) is 4.03. The molecule has 6 nitrogen and oxygen atoms in total. The van der Waals surface area contributed by atoms with E-state index >= 15 is 0 Å². The minimum atomic E-state index is -0.685. The van der Waals surface area contributed by atoms with Crippen LogP contribution in [0.3, 0.4) is 0 Å². The number of rotatable bonds is 3. The van der Waals surface area contributed by atoms with Gasteiger partial charge >= 0.3 is 0 Å². The lowest BCUT2D eigenvalue weighted by molar-refractivity contribution is -0.146. The van der Waals surface area contributed by atoms with Crippen molar-refractivity contribution < 1.29 is 9.59 Å². The van der Waals surface area contributed by atoms with Crippen LogP contribution in [0, 0.1) is 0 Å². The van der Waals surface area contributed by atoms with Gasteiger partial charge in [-0.25, -0.2) is 0 Å². The molecule has 25 heavy (non-hydrogen) atoms. The highest BCUT2D eigenvalue weighted by Gasteiger charge is 2.52. The van der Waals surface area contributed by atoms with E-state index in [4.69, 9.17) is 0 Å². The lowest BCUT2D eigenvalue weighted by Crippen LogP contribution is -2.61. The molecule has 2 aliphatic rings. The molecule has 0 radical (unpaired) electrons. The first-order valence-corrected chi connectivity index (χ1v) is 8.85.